The zero-order valence-electron chi connectivity index (χ0n) is 14.1. The van der Waals surface area contributed by atoms with Crippen LogP contribution in [-0.2, 0) is 20.3 Å². The predicted molar refractivity (Wildman–Crippen MR) is 92.0 cm³/mol. The number of aryl methyl sites for hydroxylation is 2. The molecule has 3 aromatic rings. The number of benzene rings is 1. The van der Waals surface area contributed by atoms with E-state index in [4.69, 9.17) is 11.6 Å². The van der Waals surface area contributed by atoms with Crippen molar-refractivity contribution in [2.75, 3.05) is 5.32 Å². The molecule has 0 aliphatic rings. The third-order valence-electron chi connectivity index (χ3n) is 3.91. The molecule has 0 fully saturated rings. The molecule has 1 N–H and O–H groups in total. The number of nitrogens with zero attached hydrogens (tertiary/aromatic N) is 3. The molecule has 1 amide bonds. The maximum Gasteiger partial charge on any atom is 0.435 e. The molecule has 0 radical (unpaired) electrons. The number of hydrogen-bond donors (Lipinski definition) is 1. The molecule has 0 atom stereocenters. The summed E-state index contributed by atoms with van der Waals surface area (Å²) in [4.78, 5) is 12.3. The van der Waals surface area contributed by atoms with Crippen molar-refractivity contribution in [3.05, 3.63) is 58.8 Å². The Hall–Kier alpha value is -2.81. The standard InChI is InChI=1S/C17H13ClF4N4O/c1-25-6-5-11(18)15(25)16(27)23-9-3-4-10(12(19)7-9)13-8-14(17(20,21)22)24-26(13)2/h3-8H,1-2H3,(H,23,27). The van der Waals surface area contributed by atoms with Crippen LogP contribution in [0.4, 0.5) is 23.2 Å². The van der Waals surface area contributed by atoms with Crippen LogP contribution in [0.2, 0.25) is 5.02 Å². The number of halogens is 5. The summed E-state index contributed by atoms with van der Waals surface area (Å²) in [5, 5.41) is 6.10. The van der Waals surface area contributed by atoms with E-state index in [1.54, 1.807) is 19.3 Å². The topological polar surface area (TPSA) is 51.9 Å². The second-order valence-corrected chi connectivity index (χ2v) is 6.22. The lowest BCUT2D eigenvalue weighted by molar-refractivity contribution is -0.141. The summed E-state index contributed by atoms with van der Waals surface area (Å²) in [6.07, 6.45) is -3.03. The first-order valence-corrected chi connectivity index (χ1v) is 7.99. The van der Waals surface area contributed by atoms with Crippen LogP contribution in [0.15, 0.2) is 36.5 Å². The molecule has 27 heavy (non-hydrogen) atoms. The second kappa shape index (κ2) is 6.73. The lowest BCUT2D eigenvalue weighted by Crippen LogP contribution is -2.16. The van der Waals surface area contributed by atoms with Gasteiger partial charge in [0.2, 0.25) is 0 Å². The average molecular weight is 401 g/mol. The Morgan fingerprint density at radius 2 is 1.89 bits per heavy atom. The van der Waals surface area contributed by atoms with E-state index in [9.17, 15) is 22.4 Å². The van der Waals surface area contributed by atoms with Crippen LogP contribution in [0.5, 0.6) is 0 Å². The van der Waals surface area contributed by atoms with Crippen LogP contribution in [0.3, 0.4) is 0 Å². The van der Waals surface area contributed by atoms with E-state index >= 15 is 0 Å². The summed E-state index contributed by atoms with van der Waals surface area (Å²) in [7, 11) is 2.92. The molecule has 2 heterocycles. The van der Waals surface area contributed by atoms with Gasteiger partial charge in [-0.25, -0.2) is 4.39 Å². The molecule has 0 saturated carbocycles. The molecule has 142 valence electrons. The average Bonchev–Trinajstić information content (AvgIpc) is 3.10. The van der Waals surface area contributed by atoms with Crippen molar-refractivity contribution in [1.29, 1.82) is 0 Å². The van der Waals surface area contributed by atoms with Crippen molar-refractivity contribution in [2.45, 2.75) is 6.18 Å². The van der Waals surface area contributed by atoms with Gasteiger partial charge in [0.05, 0.1) is 10.7 Å². The van der Waals surface area contributed by atoms with Crippen molar-refractivity contribution in [3.63, 3.8) is 0 Å². The highest BCUT2D eigenvalue weighted by atomic mass is 35.5. The molecule has 0 aliphatic heterocycles. The van der Waals surface area contributed by atoms with Gasteiger partial charge in [0.15, 0.2) is 5.69 Å². The lowest BCUT2D eigenvalue weighted by atomic mass is 10.1. The summed E-state index contributed by atoms with van der Waals surface area (Å²) in [5.41, 5.74) is -0.895. The van der Waals surface area contributed by atoms with Crippen molar-refractivity contribution >= 4 is 23.2 Å². The van der Waals surface area contributed by atoms with Crippen molar-refractivity contribution < 1.29 is 22.4 Å². The Bertz CT molecular complexity index is 1000. The molecule has 3 rings (SSSR count). The molecule has 2 aromatic heterocycles. The summed E-state index contributed by atoms with van der Waals surface area (Å²) >= 11 is 5.94. The van der Waals surface area contributed by atoms with Gasteiger partial charge in [0.1, 0.15) is 11.5 Å². The van der Waals surface area contributed by atoms with Gasteiger partial charge in [-0.1, -0.05) is 11.6 Å². The van der Waals surface area contributed by atoms with Crippen LogP contribution in [-0.4, -0.2) is 20.3 Å². The normalized spacial score (nSPS) is 11.7. The van der Waals surface area contributed by atoms with Crippen LogP contribution < -0.4 is 5.32 Å². The fourth-order valence-corrected chi connectivity index (χ4v) is 2.89. The lowest BCUT2D eigenvalue weighted by Gasteiger charge is -2.09. The predicted octanol–water partition coefficient (Wildman–Crippen LogP) is 4.49. The molecule has 0 spiro atoms. The van der Waals surface area contributed by atoms with E-state index in [1.807, 2.05) is 0 Å². The summed E-state index contributed by atoms with van der Waals surface area (Å²) in [6.45, 7) is 0. The third-order valence-corrected chi connectivity index (χ3v) is 4.22. The fraction of sp³-hybridized carbons (Fsp3) is 0.176. The first kappa shape index (κ1) is 19.0. The Balaban J connectivity index is 1.89. The number of nitrogens with one attached hydrogen (secondary N) is 1. The van der Waals surface area contributed by atoms with Gasteiger partial charge in [-0.2, -0.15) is 18.3 Å². The number of aromatic nitrogens is 3. The minimum atomic E-state index is -4.63. The smallest absolute Gasteiger partial charge is 0.345 e. The fourth-order valence-electron chi connectivity index (χ4n) is 2.62. The molecule has 0 saturated heterocycles. The van der Waals surface area contributed by atoms with E-state index in [0.29, 0.717) is 0 Å². The van der Waals surface area contributed by atoms with Gasteiger partial charge >= 0.3 is 6.18 Å². The first-order chi connectivity index (χ1) is 12.6. The number of rotatable bonds is 3. The zero-order valence-corrected chi connectivity index (χ0v) is 14.9. The molecule has 0 aliphatic carbocycles. The number of carbonyl (C=O) groups is 1. The quantitative estimate of drug-likeness (QED) is 0.659. The first-order valence-electron chi connectivity index (χ1n) is 7.61. The Labute approximate surface area is 156 Å². The molecule has 1 aromatic carbocycles. The van der Waals surface area contributed by atoms with Crippen LogP contribution in [0, 0.1) is 5.82 Å². The number of amides is 1. The molecule has 0 unspecified atom stereocenters. The van der Waals surface area contributed by atoms with E-state index in [0.717, 1.165) is 16.8 Å². The van der Waals surface area contributed by atoms with E-state index < -0.39 is 23.6 Å². The van der Waals surface area contributed by atoms with Gasteiger partial charge in [-0.15, -0.1) is 0 Å². The third kappa shape index (κ3) is 3.68. The maximum atomic E-state index is 14.5. The largest absolute Gasteiger partial charge is 0.435 e. The molecule has 0 bridgehead atoms. The summed E-state index contributed by atoms with van der Waals surface area (Å²) in [6, 6.07) is 5.98. The highest BCUT2D eigenvalue weighted by molar-refractivity contribution is 6.34. The second-order valence-electron chi connectivity index (χ2n) is 5.81. The Morgan fingerprint density at radius 1 is 1.19 bits per heavy atom. The van der Waals surface area contributed by atoms with Gasteiger partial charge < -0.3 is 9.88 Å². The minimum absolute atomic E-state index is 0.0387. The highest BCUT2D eigenvalue weighted by Gasteiger charge is 2.35. The van der Waals surface area contributed by atoms with Crippen LogP contribution >= 0.6 is 11.6 Å². The monoisotopic (exact) mass is 400 g/mol. The summed E-state index contributed by atoms with van der Waals surface area (Å²) < 4.78 is 55.3. The molecular weight excluding hydrogens is 388 g/mol. The zero-order chi connectivity index (χ0) is 19.9. The highest BCUT2D eigenvalue weighted by Crippen LogP contribution is 2.33. The van der Waals surface area contributed by atoms with Gasteiger partial charge in [0, 0.05) is 31.5 Å². The Kier molecular flexibility index (Phi) is 4.73. The number of anilines is 1. The van der Waals surface area contributed by atoms with Gasteiger partial charge in [0.25, 0.3) is 5.91 Å². The number of hydrogen-bond acceptors (Lipinski definition) is 2. The van der Waals surface area contributed by atoms with Crippen LogP contribution in [0.1, 0.15) is 16.2 Å². The van der Waals surface area contributed by atoms with E-state index in [-0.39, 0.29) is 27.7 Å². The molecule has 10 heteroatoms. The minimum Gasteiger partial charge on any atom is -0.345 e. The number of carbonyl (C=O) groups excluding carboxylic acids is 1. The van der Waals surface area contributed by atoms with Gasteiger partial charge in [-0.3, -0.25) is 9.48 Å². The number of alkyl halides is 3. The van der Waals surface area contributed by atoms with Crippen LogP contribution in [0.25, 0.3) is 11.3 Å². The maximum absolute atomic E-state index is 14.5. The van der Waals surface area contributed by atoms with Crippen molar-refractivity contribution in [1.82, 2.24) is 14.3 Å². The van der Waals surface area contributed by atoms with Crippen molar-refractivity contribution in [3.8, 4) is 11.3 Å². The van der Waals surface area contributed by atoms with E-state index in [1.165, 1.54) is 23.7 Å². The molecular formula is C17H13ClF4N4O. The Morgan fingerprint density at radius 3 is 2.41 bits per heavy atom. The van der Waals surface area contributed by atoms with Crippen molar-refractivity contribution in [2.24, 2.45) is 14.1 Å². The SMILES string of the molecule is Cn1ccc(Cl)c1C(=O)Nc1ccc(-c2cc(C(F)(F)F)nn2C)c(F)c1. The van der Waals surface area contributed by atoms with E-state index in [2.05, 4.69) is 10.4 Å². The van der Waals surface area contributed by atoms with Gasteiger partial charge in [-0.05, 0) is 30.3 Å². The summed E-state index contributed by atoms with van der Waals surface area (Å²) in [5.74, 6) is -1.35. The molecule has 5 nitrogen and oxygen atoms in total.